The van der Waals surface area contributed by atoms with Gasteiger partial charge in [0.15, 0.2) is 0 Å². The third-order valence-electron chi connectivity index (χ3n) is 2.49. The summed E-state index contributed by atoms with van der Waals surface area (Å²) in [6, 6.07) is 5.96. The van der Waals surface area contributed by atoms with E-state index in [1.54, 1.807) is 7.11 Å². The van der Waals surface area contributed by atoms with Crippen LogP contribution in [0.15, 0.2) is 22.7 Å². The van der Waals surface area contributed by atoms with E-state index in [4.69, 9.17) is 10.5 Å². The van der Waals surface area contributed by atoms with E-state index in [0.717, 1.165) is 28.6 Å². The number of halogens is 1. The molecule has 70 valence electrons. The van der Waals surface area contributed by atoms with E-state index in [-0.39, 0.29) is 5.54 Å². The first kappa shape index (κ1) is 9.03. The summed E-state index contributed by atoms with van der Waals surface area (Å²) in [5, 5.41) is 0. The van der Waals surface area contributed by atoms with Crippen molar-refractivity contribution in [2.75, 3.05) is 7.11 Å². The number of hydrogen-bond donors (Lipinski definition) is 1. The molecule has 0 saturated heterocycles. The van der Waals surface area contributed by atoms with Crippen molar-refractivity contribution in [1.82, 2.24) is 0 Å². The fourth-order valence-electron chi connectivity index (χ4n) is 1.47. The Morgan fingerprint density at radius 2 is 2.15 bits per heavy atom. The van der Waals surface area contributed by atoms with Crippen molar-refractivity contribution < 1.29 is 4.74 Å². The fraction of sp³-hybridized carbons (Fsp3) is 0.400. The zero-order chi connectivity index (χ0) is 9.47. The van der Waals surface area contributed by atoms with Crippen LogP contribution in [0.2, 0.25) is 0 Å². The van der Waals surface area contributed by atoms with Gasteiger partial charge in [0.2, 0.25) is 0 Å². The van der Waals surface area contributed by atoms with Gasteiger partial charge in [-0.25, -0.2) is 0 Å². The molecule has 1 aliphatic rings. The Bertz CT molecular complexity index is 334. The van der Waals surface area contributed by atoms with Gasteiger partial charge in [-0.05, 0) is 31.0 Å². The van der Waals surface area contributed by atoms with Gasteiger partial charge in [-0.3, -0.25) is 0 Å². The molecule has 0 atom stereocenters. The second kappa shape index (κ2) is 3.00. The lowest BCUT2D eigenvalue weighted by atomic mass is 10.1. The fourth-order valence-corrected chi connectivity index (χ4v) is 1.83. The van der Waals surface area contributed by atoms with Crippen molar-refractivity contribution in [3.05, 3.63) is 28.2 Å². The molecule has 2 nitrogen and oxygen atoms in total. The molecule has 2 rings (SSSR count). The summed E-state index contributed by atoms with van der Waals surface area (Å²) in [4.78, 5) is 0. The van der Waals surface area contributed by atoms with E-state index in [1.165, 1.54) is 0 Å². The molecule has 1 aliphatic carbocycles. The Kier molecular flexibility index (Phi) is 2.08. The van der Waals surface area contributed by atoms with Crippen LogP contribution in [0.1, 0.15) is 18.4 Å². The van der Waals surface area contributed by atoms with Crippen molar-refractivity contribution >= 4 is 15.9 Å². The molecule has 0 unspecified atom stereocenters. The predicted molar refractivity (Wildman–Crippen MR) is 55.8 cm³/mol. The molecule has 0 aromatic heterocycles. The minimum atomic E-state index is -0.130. The molecule has 0 spiro atoms. The lowest BCUT2D eigenvalue weighted by Gasteiger charge is -2.14. The molecule has 1 fully saturated rings. The number of rotatable bonds is 2. The Morgan fingerprint density at radius 3 is 2.69 bits per heavy atom. The van der Waals surface area contributed by atoms with Crippen LogP contribution in [0.3, 0.4) is 0 Å². The van der Waals surface area contributed by atoms with Crippen LogP contribution in [0, 0.1) is 0 Å². The van der Waals surface area contributed by atoms with E-state index in [9.17, 15) is 0 Å². The van der Waals surface area contributed by atoms with Gasteiger partial charge in [-0.2, -0.15) is 0 Å². The first-order valence-corrected chi connectivity index (χ1v) is 5.08. The third-order valence-corrected chi connectivity index (χ3v) is 2.98. The Labute approximate surface area is 86.2 Å². The quantitative estimate of drug-likeness (QED) is 0.864. The van der Waals surface area contributed by atoms with Crippen LogP contribution < -0.4 is 10.5 Å². The summed E-state index contributed by atoms with van der Waals surface area (Å²) in [7, 11) is 1.68. The van der Waals surface area contributed by atoms with Gasteiger partial charge in [0.1, 0.15) is 5.75 Å². The maximum atomic E-state index is 6.11. The molecule has 0 aliphatic heterocycles. The first-order valence-electron chi connectivity index (χ1n) is 4.29. The zero-order valence-electron chi connectivity index (χ0n) is 7.51. The Morgan fingerprint density at radius 1 is 1.46 bits per heavy atom. The largest absolute Gasteiger partial charge is 0.496 e. The van der Waals surface area contributed by atoms with E-state index in [0.29, 0.717) is 0 Å². The van der Waals surface area contributed by atoms with Crippen molar-refractivity contribution in [2.45, 2.75) is 18.4 Å². The smallest absolute Gasteiger partial charge is 0.123 e. The molecule has 1 aromatic rings. The molecule has 3 heteroatoms. The molecule has 0 amide bonds. The summed E-state index contributed by atoms with van der Waals surface area (Å²) in [6.45, 7) is 0. The number of hydrogen-bond acceptors (Lipinski definition) is 2. The average molecular weight is 242 g/mol. The highest BCUT2D eigenvalue weighted by atomic mass is 79.9. The monoisotopic (exact) mass is 241 g/mol. The minimum absolute atomic E-state index is 0.130. The number of methoxy groups -OCH3 is 1. The number of nitrogens with two attached hydrogens (primary N) is 1. The molecule has 1 aromatic carbocycles. The summed E-state index contributed by atoms with van der Waals surface area (Å²) in [5.41, 5.74) is 7.10. The van der Waals surface area contributed by atoms with Gasteiger partial charge in [-0.15, -0.1) is 0 Å². The minimum Gasteiger partial charge on any atom is -0.496 e. The van der Waals surface area contributed by atoms with Gasteiger partial charge >= 0.3 is 0 Å². The molecule has 1 saturated carbocycles. The number of benzene rings is 1. The molecular formula is C10H12BrNO. The molecule has 13 heavy (non-hydrogen) atoms. The van der Waals surface area contributed by atoms with E-state index >= 15 is 0 Å². The van der Waals surface area contributed by atoms with E-state index in [2.05, 4.69) is 15.9 Å². The second-order valence-corrected chi connectivity index (χ2v) is 4.42. The van der Waals surface area contributed by atoms with Crippen molar-refractivity contribution in [2.24, 2.45) is 5.73 Å². The van der Waals surface area contributed by atoms with Crippen LogP contribution in [-0.2, 0) is 5.54 Å². The topological polar surface area (TPSA) is 35.2 Å². The van der Waals surface area contributed by atoms with Crippen LogP contribution in [-0.4, -0.2) is 7.11 Å². The highest BCUT2D eigenvalue weighted by Crippen LogP contribution is 2.47. The molecule has 2 N–H and O–H groups in total. The van der Waals surface area contributed by atoms with Crippen LogP contribution in [0.4, 0.5) is 0 Å². The highest BCUT2D eigenvalue weighted by molar-refractivity contribution is 9.10. The normalized spacial score (nSPS) is 18.4. The summed E-state index contributed by atoms with van der Waals surface area (Å²) < 4.78 is 6.32. The Balaban J connectivity index is 2.47. The van der Waals surface area contributed by atoms with Crippen molar-refractivity contribution in [3.8, 4) is 5.75 Å². The van der Waals surface area contributed by atoms with Crippen molar-refractivity contribution in [3.63, 3.8) is 0 Å². The summed E-state index contributed by atoms with van der Waals surface area (Å²) in [6.07, 6.45) is 2.11. The summed E-state index contributed by atoms with van der Waals surface area (Å²) >= 11 is 3.43. The third kappa shape index (κ3) is 1.58. The van der Waals surface area contributed by atoms with Gasteiger partial charge in [0.05, 0.1) is 7.11 Å². The highest BCUT2D eigenvalue weighted by Gasteiger charge is 2.42. The molecule has 0 bridgehead atoms. The predicted octanol–water partition coefficient (Wildman–Crippen LogP) is 2.41. The van der Waals surface area contributed by atoms with E-state index < -0.39 is 0 Å². The number of ether oxygens (including phenoxy) is 1. The zero-order valence-corrected chi connectivity index (χ0v) is 9.10. The van der Waals surface area contributed by atoms with E-state index in [1.807, 2.05) is 18.2 Å². The SMILES string of the molecule is COc1ccc(Br)cc1C1(N)CC1. The maximum absolute atomic E-state index is 6.11. The second-order valence-electron chi connectivity index (χ2n) is 3.50. The summed E-state index contributed by atoms with van der Waals surface area (Å²) in [5.74, 6) is 0.892. The average Bonchev–Trinajstić information content (AvgIpc) is 2.85. The van der Waals surface area contributed by atoms with Crippen LogP contribution in [0.25, 0.3) is 0 Å². The standard InChI is InChI=1S/C10H12BrNO/c1-13-9-3-2-7(11)6-8(9)10(12)4-5-10/h2-3,6H,4-5,12H2,1H3. The van der Waals surface area contributed by atoms with Gasteiger partial charge < -0.3 is 10.5 Å². The van der Waals surface area contributed by atoms with Crippen LogP contribution >= 0.6 is 15.9 Å². The first-order chi connectivity index (χ1) is 6.15. The lowest BCUT2D eigenvalue weighted by Crippen LogP contribution is -2.19. The van der Waals surface area contributed by atoms with Crippen molar-refractivity contribution in [1.29, 1.82) is 0 Å². The molecular weight excluding hydrogens is 230 g/mol. The van der Waals surface area contributed by atoms with Crippen LogP contribution in [0.5, 0.6) is 5.75 Å². The van der Waals surface area contributed by atoms with Gasteiger partial charge in [0.25, 0.3) is 0 Å². The van der Waals surface area contributed by atoms with Gasteiger partial charge in [-0.1, -0.05) is 15.9 Å². The maximum Gasteiger partial charge on any atom is 0.123 e. The lowest BCUT2D eigenvalue weighted by molar-refractivity contribution is 0.404. The Hall–Kier alpha value is -0.540. The molecule has 0 heterocycles. The van der Waals surface area contributed by atoms with Gasteiger partial charge in [0, 0.05) is 15.6 Å². The molecule has 0 radical (unpaired) electrons.